The van der Waals surface area contributed by atoms with Crippen LogP contribution < -0.4 is 21.7 Å². The van der Waals surface area contributed by atoms with Crippen molar-refractivity contribution in [2.24, 2.45) is 5.84 Å². The molecular weight excluding hydrogens is 354 g/mol. The zero-order valence-electron chi connectivity index (χ0n) is 11.6. The lowest BCUT2D eigenvalue weighted by molar-refractivity contribution is 0.412. The number of hydrazine groups is 1. The van der Waals surface area contributed by atoms with Crippen molar-refractivity contribution < 1.29 is 4.74 Å². The molecule has 0 aromatic heterocycles. The average molecular weight is 371 g/mol. The van der Waals surface area contributed by atoms with E-state index in [0.29, 0.717) is 17.1 Å². The highest BCUT2D eigenvalue weighted by molar-refractivity contribution is 9.10. The molecule has 21 heavy (non-hydrogen) atoms. The third-order valence-corrected chi connectivity index (χ3v) is 4.14. The normalized spacial score (nSPS) is 12.2. The summed E-state index contributed by atoms with van der Waals surface area (Å²) in [5.74, 6) is 6.47. The summed E-state index contributed by atoms with van der Waals surface area (Å²) in [6.07, 6.45) is 0.699. The summed E-state index contributed by atoms with van der Waals surface area (Å²) in [7, 11) is 1.64. The van der Waals surface area contributed by atoms with Crippen LogP contribution in [0.3, 0.4) is 0 Å². The molecule has 2 aromatic carbocycles. The molecule has 0 aliphatic carbocycles. The lowest BCUT2D eigenvalue weighted by Crippen LogP contribution is -2.30. The van der Waals surface area contributed by atoms with E-state index >= 15 is 0 Å². The number of anilines is 1. The highest BCUT2D eigenvalue weighted by Crippen LogP contribution is 2.30. The Kier molecular flexibility index (Phi) is 5.47. The van der Waals surface area contributed by atoms with Crippen molar-refractivity contribution in [3.05, 3.63) is 57.0 Å². The van der Waals surface area contributed by atoms with Crippen LogP contribution in [0.2, 0.25) is 5.02 Å². The van der Waals surface area contributed by atoms with Crippen LogP contribution in [0, 0.1) is 0 Å². The van der Waals surface area contributed by atoms with Crippen LogP contribution in [0.25, 0.3) is 0 Å². The van der Waals surface area contributed by atoms with E-state index < -0.39 is 0 Å². The predicted octanol–water partition coefficient (Wildman–Crippen LogP) is 3.44. The smallest absolute Gasteiger partial charge is 0.133 e. The lowest BCUT2D eigenvalue weighted by atomic mass is 9.98. The fourth-order valence-electron chi connectivity index (χ4n) is 2.19. The Morgan fingerprint density at radius 3 is 2.62 bits per heavy atom. The first kappa shape index (κ1) is 16.1. The second kappa shape index (κ2) is 7.13. The van der Waals surface area contributed by atoms with E-state index in [-0.39, 0.29) is 6.04 Å². The average Bonchev–Trinajstić information content (AvgIpc) is 2.45. The second-order valence-corrected chi connectivity index (χ2v) is 5.96. The van der Waals surface area contributed by atoms with Gasteiger partial charge in [0.15, 0.2) is 0 Å². The highest BCUT2D eigenvalue weighted by Gasteiger charge is 2.14. The van der Waals surface area contributed by atoms with Crippen molar-refractivity contribution >= 4 is 33.2 Å². The fourth-order valence-corrected chi connectivity index (χ4v) is 2.96. The van der Waals surface area contributed by atoms with Gasteiger partial charge in [-0.3, -0.25) is 11.3 Å². The van der Waals surface area contributed by atoms with E-state index in [0.717, 1.165) is 21.3 Å². The molecule has 1 unspecified atom stereocenters. The number of benzene rings is 2. The maximum atomic E-state index is 6.02. The molecule has 5 N–H and O–H groups in total. The Hall–Kier alpha value is -1.27. The molecule has 0 amide bonds. The van der Waals surface area contributed by atoms with Gasteiger partial charge in [0.2, 0.25) is 0 Å². The summed E-state index contributed by atoms with van der Waals surface area (Å²) in [6.45, 7) is 0. The molecule has 2 aromatic rings. The number of nitrogens with one attached hydrogen (secondary N) is 1. The maximum absolute atomic E-state index is 6.02. The summed E-state index contributed by atoms with van der Waals surface area (Å²) in [5, 5.41) is 0.610. The third-order valence-electron chi connectivity index (χ3n) is 3.28. The van der Waals surface area contributed by atoms with Crippen LogP contribution in [0.5, 0.6) is 5.75 Å². The van der Waals surface area contributed by atoms with Gasteiger partial charge in [-0.1, -0.05) is 23.7 Å². The minimum Gasteiger partial charge on any atom is -0.496 e. The summed E-state index contributed by atoms with van der Waals surface area (Å²) in [6, 6.07) is 11.3. The van der Waals surface area contributed by atoms with Gasteiger partial charge in [0.25, 0.3) is 0 Å². The molecule has 6 heteroatoms. The molecule has 0 spiro atoms. The summed E-state index contributed by atoms with van der Waals surface area (Å²) < 4.78 is 6.13. The van der Waals surface area contributed by atoms with E-state index in [1.165, 1.54) is 0 Å². The quantitative estimate of drug-likeness (QED) is 0.428. The number of methoxy groups -OCH3 is 1. The van der Waals surface area contributed by atoms with Crippen molar-refractivity contribution in [1.82, 2.24) is 5.43 Å². The monoisotopic (exact) mass is 369 g/mol. The Balaban J connectivity index is 2.24. The number of hydrogen-bond acceptors (Lipinski definition) is 4. The fraction of sp³-hybridized carbons (Fsp3) is 0.200. The molecule has 1 atom stereocenters. The number of nitrogen functional groups attached to an aromatic ring is 1. The third kappa shape index (κ3) is 3.89. The van der Waals surface area contributed by atoms with Gasteiger partial charge < -0.3 is 10.5 Å². The molecule has 0 saturated heterocycles. The van der Waals surface area contributed by atoms with E-state index in [1.807, 2.05) is 30.3 Å². The van der Waals surface area contributed by atoms with Gasteiger partial charge in [-0.25, -0.2) is 0 Å². The van der Waals surface area contributed by atoms with Crippen molar-refractivity contribution in [2.75, 3.05) is 12.8 Å². The lowest BCUT2D eigenvalue weighted by Gasteiger charge is -2.19. The van der Waals surface area contributed by atoms with Gasteiger partial charge in [0.1, 0.15) is 5.75 Å². The van der Waals surface area contributed by atoms with E-state index in [9.17, 15) is 0 Å². The second-order valence-electron chi connectivity index (χ2n) is 4.67. The van der Waals surface area contributed by atoms with Crippen molar-refractivity contribution in [1.29, 1.82) is 0 Å². The van der Waals surface area contributed by atoms with E-state index in [1.54, 1.807) is 13.2 Å². The van der Waals surface area contributed by atoms with Crippen molar-refractivity contribution in [2.45, 2.75) is 12.5 Å². The van der Waals surface area contributed by atoms with Crippen LogP contribution in [-0.2, 0) is 6.42 Å². The number of halogens is 2. The van der Waals surface area contributed by atoms with Gasteiger partial charge in [-0.05, 0) is 57.7 Å². The summed E-state index contributed by atoms with van der Waals surface area (Å²) in [5.41, 5.74) is 11.5. The first-order chi connectivity index (χ1) is 10.0. The predicted molar refractivity (Wildman–Crippen MR) is 90.3 cm³/mol. The Morgan fingerprint density at radius 1 is 1.29 bits per heavy atom. The Labute approximate surface area is 137 Å². The zero-order valence-corrected chi connectivity index (χ0v) is 13.9. The zero-order chi connectivity index (χ0) is 15.4. The molecule has 112 valence electrons. The number of hydrogen-bond donors (Lipinski definition) is 3. The molecule has 0 aliphatic heterocycles. The van der Waals surface area contributed by atoms with Gasteiger partial charge in [-0.2, -0.15) is 0 Å². The standard InChI is InChI=1S/C15H17BrClN3O/c1-21-15-5-2-9(6-12(15)16)7-14(20-19)11-4-3-10(17)8-13(11)18/h2-6,8,14,20H,7,18-19H2,1H3. The maximum Gasteiger partial charge on any atom is 0.133 e. The van der Waals surface area contributed by atoms with Gasteiger partial charge in [0.05, 0.1) is 17.6 Å². The minimum absolute atomic E-state index is 0.0949. The van der Waals surface area contributed by atoms with Crippen LogP contribution >= 0.6 is 27.5 Å². The van der Waals surface area contributed by atoms with Crippen LogP contribution in [-0.4, -0.2) is 7.11 Å². The number of ether oxygens (including phenoxy) is 1. The Bertz CT molecular complexity index is 636. The highest BCUT2D eigenvalue weighted by atomic mass is 79.9. The number of rotatable bonds is 5. The molecule has 4 nitrogen and oxygen atoms in total. The van der Waals surface area contributed by atoms with Crippen LogP contribution in [0.4, 0.5) is 5.69 Å². The Morgan fingerprint density at radius 2 is 2.05 bits per heavy atom. The summed E-state index contributed by atoms with van der Waals surface area (Å²) in [4.78, 5) is 0. The van der Waals surface area contributed by atoms with Gasteiger partial charge in [0, 0.05) is 10.7 Å². The topological polar surface area (TPSA) is 73.3 Å². The molecule has 0 heterocycles. The van der Waals surface area contributed by atoms with Crippen LogP contribution in [0.1, 0.15) is 17.2 Å². The van der Waals surface area contributed by atoms with Crippen molar-refractivity contribution in [3.63, 3.8) is 0 Å². The molecule has 0 fully saturated rings. The molecular formula is C15H17BrClN3O. The molecule has 0 aliphatic rings. The molecule has 2 rings (SSSR count). The molecule has 0 radical (unpaired) electrons. The first-order valence-electron chi connectivity index (χ1n) is 6.38. The van der Waals surface area contributed by atoms with Crippen LogP contribution in [0.15, 0.2) is 40.9 Å². The van der Waals surface area contributed by atoms with Gasteiger partial charge in [-0.15, -0.1) is 0 Å². The van der Waals surface area contributed by atoms with Gasteiger partial charge >= 0.3 is 0 Å². The number of nitrogens with two attached hydrogens (primary N) is 2. The minimum atomic E-state index is -0.0949. The largest absolute Gasteiger partial charge is 0.496 e. The summed E-state index contributed by atoms with van der Waals surface area (Å²) >= 11 is 9.41. The first-order valence-corrected chi connectivity index (χ1v) is 7.55. The SMILES string of the molecule is COc1ccc(CC(NN)c2ccc(Cl)cc2N)cc1Br. The van der Waals surface area contributed by atoms with E-state index in [4.69, 9.17) is 27.9 Å². The molecule has 0 saturated carbocycles. The molecule has 0 bridgehead atoms. The van der Waals surface area contributed by atoms with Crippen molar-refractivity contribution in [3.8, 4) is 5.75 Å². The van der Waals surface area contributed by atoms with E-state index in [2.05, 4.69) is 21.4 Å².